The van der Waals surface area contributed by atoms with E-state index in [4.69, 9.17) is 4.74 Å². The van der Waals surface area contributed by atoms with Gasteiger partial charge in [0.25, 0.3) is 11.8 Å². The molecule has 122 valence electrons. The van der Waals surface area contributed by atoms with Gasteiger partial charge in [0.1, 0.15) is 12.1 Å². The molecule has 3 aliphatic rings. The smallest absolute Gasteiger partial charge is 0.345 e. The Balaban J connectivity index is 2.15. The molecule has 0 radical (unpaired) electrons. The Morgan fingerprint density at radius 1 is 1.41 bits per heavy atom. The molecule has 0 unspecified atom stereocenters. The van der Waals surface area contributed by atoms with Crippen molar-refractivity contribution < 1.29 is 29.3 Å². The molecule has 0 aliphatic carbocycles. The van der Waals surface area contributed by atoms with E-state index < -0.39 is 35.5 Å². The molecule has 8 nitrogen and oxygen atoms in total. The summed E-state index contributed by atoms with van der Waals surface area (Å²) in [6.07, 6.45) is 1.14. The predicted molar refractivity (Wildman–Crippen MR) is 72.3 cm³/mol. The average Bonchev–Trinajstić information content (AvgIpc) is 2.97. The highest BCUT2D eigenvalue weighted by molar-refractivity contribution is 6.08. The zero-order chi connectivity index (χ0) is 16.4. The predicted octanol–water partition coefficient (Wildman–Crippen LogP) is -0.636. The van der Waals surface area contributed by atoms with Crippen LogP contribution in [0.4, 0.5) is 0 Å². The van der Waals surface area contributed by atoms with E-state index in [1.165, 1.54) is 4.90 Å². The van der Waals surface area contributed by atoms with Crippen LogP contribution in [0.5, 0.6) is 0 Å². The second-order valence-electron chi connectivity index (χ2n) is 6.65. The summed E-state index contributed by atoms with van der Waals surface area (Å²) in [6, 6.07) is -1.65. The molecule has 4 atom stereocenters. The van der Waals surface area contributed by atoms with Gasteiger partial charge in [0.2, 0.25) is 11.5 Å². The Bertz CT molecular complexity index is 564. The molecule has 0 aromatic carbocycles. The maximum atomic E-state index is 12.7. The van der Waals surface area contributed by atoms with Crippen LogP contribution in [-0.2, 0) is 19.1 Å². The third-order valence-electron chi connectivity index (χ3n) is 4.87. The van der Waals surface area contributed by atoms with Gasteiger partial charge in [0.15, 0.2) is 0 Å². The van der Waals surface area contributed by atoms with Crippen LogP contribution in [0.1, 0.15) is 33.6 Å². The van der Waals surface area contributed by atoms with Crippen LogP contribution in [0, 0.1) is 5.92 Å². The summed E-state index contributed by atoms with van der Waals surface area (Å²) < 4.78 is 5.40. The molecule has 0 bridgehead atoms. The number of hydrogen-bond acceptors (Lipinski definition) is 5. The van der Waals surface area contributed by atoms with Gasteiger partial charge < -0.3 is 19.8 Å². The number of hydrogen-bond donors (Lipinski definition) is 2. The molecule has 8 heteroatoms. The molecule has 22 heavy (non-hydrogen) atoms. The van der Waals surface area contributed by atoms with E-state index in [1.807, 2.05) is 0 Å². The molecule has 3 rings (SSSR count). The first kappa shape index (κ1) is 15.2. The van der Waals surface area contributed by atoms with Crippen molar-refractivity contribution in [1.82, 2.24) is 9.80 Å². The number of carboxylic acids is 1. The maximum Gasteiger partial charge on any atom is 0.345 e. The number of rotatable bonds is 2. The van der Waals surface area contributed by atoms with Gasteiger partial charge in [-0.15, -0.1) is 0 Å². The number of carbonyl (C=O) groups is 3. The van der Waals surface area contributed by atoms with Crippen molar-refractivity contribution in [3.05, 3.63) is 0 Å². The molecular formula is C14H20N2O6. The van der Waals surface area contributed by atoms with Gasteiger partial charge in [0.05, 0.1) is 0 Å². The van der Waals surface area contributed by atoms with E-state index in [2.05, 4.69) is 0 Å². The van der Waals surface area contributed by atoms with Crippen LogP contribution in [0.25, 0.3) is 0 Å². The molecule has 3 saturated heterocycles. The van der Waals surface area contributed by atoms with Gasteiger partial charge in [-0.25, -0.2) is 4.79 Å². The quantitative estimate of drug-likeness (QED) is 0.657. The molecule has 3 fully saturated rings. The Labute approximate surface area is 127 Å². The number of fused-ring (bicyclic) bond motifs is 3. The van der Waals surface area contributed by atoms with Gasteiger partial charge in [0, 0.05) is 6.54 Å². The van der Waals surface area contributed by atoms with Crippen molar-refractivity contribution in [3.63, 3.8) is 0 Å². The second kappa shape index (κ2) is 4.42. The number of carboxylic acid groups (broad SMARTS) is 1. The van der Waals surface area contributed by atoms with E-state index in [1.54, 1.807) is 13.8 Å². The minimum Gasteiger partial charge on any atom is -0.479 e. The molecule has 0 aromatic heterocycles. The lowest BCUT2D eigenvalue weighted by molar-refractivity contribution is -0.313. The number of piperazine rings is 1. The minimum absolute atomic E-state index is 0.256. The molecule has 0 spiro atoms. The van der Waals surface area contributed by atoms with Crippen molar-refractivity contribution >= 4 is 17.8 Å². The SMILES string of the molecule is CC(C)[C@H]1C(=O)N2CCC[C@H]2[C@]2(O)O[C@@](C)(C(=O)O)C(=O)N12. The zero-order valence-electron chi connectivity index (χ0n) is 12.8. The Kier molecular flexibility index (Phi) is 3.06. The van der Waals surface area contributed by atoms with Crippen molar-refractivity contribution in [2.45, 2.75) is 57.2 Å². The topological polar surface area (TPSA) is 107 Å². The largest absolute Gasteiger partial charge is 0.479 e. The first-order chi connectivity index (χ1) is 10.1. The van der Waals surface area contributed by atoms with Crippen molar-refractivity contribution in [2.24, 2.45) is 5.92 Å². The zero-order valence-corrected chi connectivity index (χ0v) is 12.8. The molecule has 3 aliphatic heterocycles. The van der Waals surface area contributed by atoms with Gasteiger partial charge >= 0.3 is 5.97 Å². The first-order valence-electron chi connectivity index (χ1n) is 7.44. The molecular weight excluding hydrogens is 292 g/mol. The van der Waals surface area contributed by atoms with Gasteiger partial charge in [-0.3, -0.25) is 14.5 Å². The van der Waals surface area contributed by atoms with E-state index >= 15 is 0 Å². The fourth-order valence-electron chi connectivity index (χ4n) is 3.74. The van der Waals surface area contributed by atoms with Crippen molar-refractivity contribution in [1.29, 1.82) is 0 Å². The monoisotopic (exact) mass is 312 g/mol. The third-order valence-corrected chi connectivity index (χ3v) is 4.87. The van der Waals surface area contributed by atoms with E-state index in [-0.39, 0.29) is 11.8 Å². The first-order valence-corrected chi connectivity index (χ1v) is 7.44. The summed E-state index contributed by atoms with van der Waals surface area (Å²) in [6.45, 7) is 5.10. The molecule has 2 N–H and O–H groups in total. The number of nitrogens with zero attached hydrogens (tertiary/aromatic N) is 2. The van der Waals surface area contributed by atoms with Crippen LogP contribution in [0.3, 0.4) is 0 Å². The number of aliphatic hydroxyl groups is 1. The molecule has 0 saturated carbocycles. The van der Waals surface area contributed by atoms with Crippen LogP contribution < -0.4 is 0 Å². The van der Waals surface area contributed by atoms with E-state index in [0.29, 0.717) is 19.4 Å². The highest BCUT2D eigenvalue weighted by atomic mass is 16.7. The summed E-state index contributed by atoms with van der Waals surface area (Å²) in [5.74, 6) is -4.96. The maximum absolute atomic E-state index is 12.7. The summed E-state index contributed by atoms with van der Waals surface area (Å²) in [5, 5.41) is 20.4. The van der Waals surface area contributed by atoms with Gasteiger partial charge in [-0.1, -0.05) is 13.8 Å². The van der Waals surface area contributed by atoms with Gasteiger partial charge in [-0.2, -0.15) is 0 Å². The van der Waals surface area contributed by atoms with E-state index in [9.17, 15) is 24.6 Å². The lowest BCUT2D eigenvalue weighted by atomic mass is 9.93. The fraction of sp³-hybridized carbons (Fsp3) is 0.786. The molecule has 0 aromatic rings. The van der Waals surface area contributed by atoms with Crippen molar-refractivity contribution in [2.75, 3.05) is 6.54 Å². The highest BCUT2D eigenvalue weighted by Gasteiger charge is 2.71. The minimum atomic E-state index is -2.18. The Hall–Kier alpha value is -1.67. The van der Waals surface area contributed by atoms with Crippen LogP contribution in [0.15, 0.2) is 0 Å². The number of carbonyl (C=O) groups excluding carboxylic acids is 2. The standard InChI is InChI=1S/C14H20N2O6/c1-7(2)9-10(17)15-6-4-5-8(15)14(21)16(9)11(18)13(3,22-14)12(19)20/h7-9,21H,4-6H2,1-3H3,(H,19,20)/t8-,9-,13+,14-/m0/s1. The Morgan fingerprint density at radius 2 is 2.05 bits per heavy atom. The van der Waals surface area contributed by atoms with E-state index in [0.717, 1.165) is 11.8 Å². The van der Waals surface area contributed by atoms with Crippen LogP contribution >= 0.6 is 0 Å². The fourth-order valence-corrected chi connectivity index (χ4v) is 3.74. The lowest BCUT2D eigenvalue weighted by Crippen LogP contribution is -2.72. The number of aliphatic carboxylic acids is 1. The van der Waals surface area contributed by atoms with Crippen molar-refractivity contribution in [3.8, 4) is 0 Å². The molecule has 2 amide bonds. The average molecular weight is 312 g/mol. The van der Waals surface area contributed by atoms with Gasteiger partial charge in [-0.05, 0) is 25.7 Å². The summed E-state index contributed by atoms with van der Waals surface area (Å²) >= 11 is 0. The Morgan fingerprint density at radius 3 is 2.59 bits per heavy atom. The number of ether oxygens (including phenoxy) is 1. The summed E-state index contributed by atoms with van der Waals surface area (Å²) in [5.41, 5.74) is -2.18. The summed E-state index contributed by atoms with van der Waals surface area (Å²) in [4.78, 5) is 39.3. The van der Waals surface area contributed by atoms with Crippen LogP contribution in [-0.4, -0.2) is 67.9 Å². The van der Waals surface area contributed by atoms with Crippen LogP contribution in [0.2, 0.25) is 0 Å². The lowest BCUT2D eigenvalue weighted by Gasteiger charge is -2.49. The summed E-state index contributed by atoms with van der Waals surface area (Å²) in [7, 11) is 0. The number of amides is 2. The molecule has 3 heterocycles. The second-order valence-corrected chi connectivity index (χ2v) is 6.65. The normalized spacial score (nSPS) is 41.1. The third kappa shape index (κ3) is 1.62. The highest BCUT2D eigenvalue weighted by Crippen LogP contribution is 2.46.